The number of ether oxygens (including phenoxy) is 1. The van der Waals surface area contributed by atoms with E-state index in [4.69, 9.17) is 19.8 Å². The molecule has 2 aromatic rings. The number of hydrogen-bond acceptors (Lipinski definition) is 4. The number of rotatable bonds is 4. The van der Waals surface area contributed by atoms with Crippen LogP contribution in [-0.4, -0.2) is 14.2 Å². The summed E-state index contributed by atoms with van der Waals surface area (Å²) >= 11 is 0. The minimum Gasteiger partial charge on any atom is -0.457 e. The summed E-state index contributed by atoms with van der Waals surface area (Å²) in [5.41, 5.74) is 8.83. The number of nitrogens with two attached hydrogens (primary N) is 1. The van der Waals surface area contributed by atoms with Gasteiger partial charge in [0.2, 0.25) is 0 Å². The van der Waals surface area contributed by atoms with Crippen molar-refractivity contribution in [2.24, 2.45) is 5.73 Å². The van der Waals surface area contributed by atoms with Gasteiger partial charge in [0.25, 0.3) is 0 Å². The zero-order valence-electron chi connectivity index (χ0n) is 11.3. The van der Waals surface area contributed by atoms with Gasteiger partial charge < -0.3 is 19.8 Å². The monoisotopic (exact) mass is 269 g/mol. The summed E-state index contributed by atoms with van der Waals surface area (Å²) < 4.78 is 16.6. The van der Waals surface area contributed by atoms with Gasteiger partial charge in [0.05, 0.1) is 6.61 Å². The van der Waals surface area contributed by atoms with E-state index in [0.717, 1.165) is 28.1 Å². The summed E-state index contributed by atoms with van der Waals surface area (Å²) in [5, 5.41) is 0. The van der Waals surface area contributed by atoms with Crippen LogP contribution < -0.4 is 15.9 Å². The van der Waals surface area contributed by atoms with E-state index < -0.39 is 0 Å². The molecule has 3 rings (SSSR count). The SMILES string of the molecule is COB1OCc2ccc(Oc3ccc(CN)cc3)cc21. The van der Waals surface area contributed by atoms with E-state index in [0.29, 0.717) is 13.2 Å². The predicted octanol–water partition coefficient (Wildman–Crippen LogP) is 1.81. The lowest BCUT2D eigenvalue weighted by Gasteiger charge is -2.09. The minimum absolute atomic E-state index is 0.298. The molecule has 0 spiro atoms. The van der Waals surface area contributed by atoms with Crippen molar-refractivity contribution in [1.29, 1.82) is 0 Å². The third-order valence-electron chi connectivity index (χ3n) is 3.37. The van der Waals surface area contributed by atoms with Crippen LogP contribution in [0.25, 0.3) is 0 Å². The van der Waals surface area contributed by atoms with Crippen LogP contribution in [0.1, 0.15) is 11.1 Å². The molecule has 20 heavy (non-hydrogen) atoms. The number of hydrogen-bond donors (Lipinski definition) is 1. The molecule has 4 nitrogen and oxygen atoms in total. The van der Waals surface area contributed by atoms with Gasteiger partial charge in [0, 0.05) is 13.7 Å². The Morgan fingerprint density at radius 3 is 2.60 bits per heavy atom. The standard InChI is InChI=1S/C15H16BNO3/c1-18-16-15-8-14(7-4-12(15)10-19-16)20-13-5-2-11(9-17)3-6-13/h2-8H,9-10,17H2,1H3. The first-order valence-corrected chi connectivity index (χ1v) is 6.54. The Labute approximate surface area is 118 Å². The molecule has 2 N–H and O–H groups in total. The van der Waals surface area contributed by atoms with Crippen molar-refractivity contribution < 1.29 is 14.0 Å². The van der Waals surface area contributed by atoms with Gasteiger partial charge in [-0.05, 0) is 40.9 Å². The molecule has 0 radical (unpaired) electrons. The predicted molar refractivity (Wildman–Crippen MR) is 78.0 cm³/mol. The Bertz CT molecular complexity index is 601. The van der Waals surface area contributed by atoms with Crippen molar-refractivity contribution in [3.63, 3.8) is 0 Å². The zero-order valence-corrected chi connectivity index (χ0v) is 11.3. The van der Waals surface area contributed by atoms with Crippen LogP contribution in [0.3, 0.4) is 0 Å². The van der Waals surface area contributed by atoms with Crippen molar-refractivity contribution in [1.82, 2.24) is 0 Å². The molecule has 0 aromatic heterocycles. The van der Waals surface area contributed by atoms with Gasteiger partial charge >= 0.3 is 7.12 Å². The first-order chi connectivity index (χ1) is 9.80. The Kier molecular flexibility index (Phi) is 3.73. The lowest BCUT2D eigenvalue weighted by atomic mass is 9.79. The molecule has 0 atom stereocenters. The highest BCUT2D eigenvalue weighted by Gasteiger charge is 2.29. The lowest BCUT2D eigenvalue weighted by molar-refractivity contribution is 0.245. The quantitative estimate of drug-likeness (QED) is 0.860. The first kappa shape index (κ1) is 13.2. The highest BCUT2D eigenvalue weighted by Crippen LogP contribution is 2.23. The fourth-order valence-corrected chi connectivity index (χ4v) is 2.27. The fourth-order valence-electron chi connectivity index (χ4n) is 2.27. The normalized spacial score (nSPS) is 13.4. The van der Waals surface area contributed by atoms with Gasteiger partial charge in [-0.3, -0.25) is 0 Å². The smallest absolute Gasteiger partial charge is 0.457 e. The summed E-state index contributed by atoms with van der Waals surface area (Å²) in [7, 11) is 1.34. The maximum atomic E-state index is 5.84. The van der Waals surface area contributed by atoms with E-state index in [1.165, 1.54) is 0 Å². The minimum atomic E-state index is -0.298. The Hall–Kier alpha value is -1.82. The summed E-state index contributed by atoms with van der Waals surface area (Å²) in [4.78, 5) is 0. The highest BCUT2D eigenvalue weighted by atomic mass is 16.6. The molecule has 102 valence electrons. The average Bonchev–Trinajstić information content (AvgIpc) is 2.90. The van der Waals surface area contributed by atoms with E-state index in [1.807, 2.05) is 42.5 Å². The molecule has 2 aromatic carbocycles. The molecule has 0 saturated carbocycles. The molecule has 0 aliphatic carbocycles. The molecule has 1 aliphatic heterocycles. The van der Waals surface area contributed by atoms with Gasteiger partial charge in [-0.25, -0.2) is 0 Å². The van der Waals surface area contributed by atoms with Crippen LogP contribution in [0.4, 0.5) is 0 Å². The summed E-state index contributed by atoms with van der Waals surface area (Å²) in [6, 6.07) is 13.7. The Morgan fingerprint density at radius 1 is 1.15 bits per heavy atom. The highest BCUT2D eigenvalue weighted by molar-refractivity contribution is 6.62. The lowest BCUT2D eigenvalue weighted by Crippen LogP contribution is -2.30. The summed E-state index contributed by atoms with van der Waals surface area (Å²) in [6.07, 6.45) is 0. The maximum absolute atomic E-state index is 5.84. The van der Waals surface area contributed by atoms with Gasteiger partial charge in [-0.15, -0.1) is 0 Å². The van der Waals surface area contributed by atoms with Gasteiger partial charge in [0.15, 0.2) is 0 Å². The topological polar surface area (TPSA) is 53.7 Å². The molecular formula is C15H16BNO3. The van der Waals surface area contributed by atoms with E-state index in [2.05, 4.69) is 0 Å². The zero-order chi connectivity index (χ0) is 13.9. The number of fused-ring (bicyclic) bond motifs is 1. The van der Waals surface area contributed by atoms with Crippen LogP contribution in [-0.2, 0) is 22.5 Å². The van der Waals surface area contributed by atoms with Crippen LogP contribution >= 0.6 is 0 Å². The molecule has 1 aliphatic rings. The molecule has 0 saturated heterocycles. The molecule has 0 bridgehead atoms. The first-order valence-electron chi connectivity index (χ1n) is 6.54. The summed E-state index contributed by atoms with van der Waals surface area (Å²) in [6.45, 7) is 1.12. The second-order valence-electron chi connectivity index (χ2n) is 4.69. The second kappa shape index (κ2) is 5.67. The molecule has 0 unspecified atom stereocenters. The average molecular weight is 269 g/mol. The molecular weight excluding hydrogens is 253 g/mol. The van der Waals surface area contributed by atoms with Crippen LogP contribution in [0.5, 0.6) is 11.5 Å². The van der Waals surface area contributed by atoms with Gasteiger partial charge in [-0.2, -0.15) is 0 Å². The van der Waals surface area contributed by atoms with Crippen LogP contribution in [0.2, 0.25) is 0 Å². The van der Waals surface area contributed by atoms with Gasteiger partial charge in [0.1, 0.15) is 11.5 Å². The van der Waals surface area contributed by atoms with E-state index in [9.17, 15) is 0 Å². The van der Waals surface area contributed by atoms with Gasteiger partial charge in [-0.1, -0.05) is 18.2 Å². The van der Waals surface area contributed by atoms with Crippen LogP contribution in [0.15, 0.2) is 42.5 Å². The maximum Gasteiger partial charge on any atom is 0.494 e. The van der Waals surface area contributed by atoms with Crippen LogP contribution in [0, 0.1) is 0 Å². The van der Waals surface area contributed by atoms with Crippen molar-refractivity contribution in [2.75, 3.05) is 7.11 Å². The largest absolute Gasteiger partial charge is 0.494 e. The second-order valence-corrected chi connectivity index (χ2v) is 4.69. The third kappa shape index (κ3) is 2.56. The Balaban J connectivity index is 1.81. The van der Waals surface area contributed by atoms with E-state index in [-0.39, 0.29) is 7.12 Å². The van der Waals surface area contributed by atoms with E-state index >= 15 is 0 Å². The van der Waals surface area contributed by atoms with Crippen molar-refractivity contribution in [3.05, 3.63) is 53.6 Å². The van der Waals surface area contributed by atoms with Crippen molar-refractivity contribution in [3.8, 4) is 11.5 Å². The molecule has 1 heterocycles. The third-order valence-corrected chi connectivity index (χ3v) is 3.37. The Morgan fingerprint density at radius 2 is 1.90 bits per heavy atom. The van der Waals surface area contributed by atoms with E-state index in [1.54, 1.807) is 7.11 Å². The number of benzene rings is 2. The summed E-state index contributed by atoms with van der Waals surface area (Å²) in [5.74, 6) is 1.56. The molecule has 0 amide bonds. The fraction of sp³-hybridized carbons (Fsp3) is 0.200. The van der Waals surface area contributed by atoms with Crippen molar-refractivity contribution in [2.45, 2.75) is 13.2 Å². The molecule has 5 heteroatoms. The molecule has 0 fully saturated rings. The van der Waals surface area contributed by atoms with Crippen molar-refractivity contribution >= 4 is 12.6 Å².